The molecule has 4 atom stereocenters. The van der Waals surface area contributed by atoms with E-state index in [1.54, 1.807) is 0 Å². The van der Waals surface area contributed by atoms with Crippen LogP contribution >= 0.6 is 0 Å². The van der Waals surface area contributed by atoms with Gasteiger partial charge >= 0.3 is 137 Å². The van der Waals surface area contributed by atoms with Gasteiger partial charge in [0, 0.05) is 0 Å². The van der Waals surface area contributed by atoms with Crippen LogP contribution in [-0.2, 0) is 82.3 Å². The molecule has 9 rings (SSSR count). The Bertz CT molecular complexity index is 4740. The molecule has 137 heavy (non-hydrogen) atoms. The van der Waals surface area contributed by atoms with Gasteiger partial charge in [0.1, 0.15) is 0 Å². The molecule has 0 aliphatic carbocycles. The molecule has 0 radical (unpaired) electrons. The highest BCUT2D eigenvalue weighted by molar-refractivity contribution is 7.05. The van der Waals surface area contributed by atoms with Gasteiger partial charge in [0.25, 0.3) is 0 Å². The Hall–Kier alpha value is -2.61. The monoisotopic (exact) mass is 2280 g/mol. The van der Waals surface area contributed by atoms with Gasteiger partial charge in [-0.3, -0.25) is 0 Å². The van der Waals surface area contributed by atoms with Gasteiger partial charge in [-0.1, -0.05) is 273 Å². The van der Waals surface area contributed by atoms with E-state index in [2.05, 4.69) is 474 Å². The third kappa shape index (κ3) is 41.6. The van der Waals surface area contributed by atoms with E-state index < -0.39 is 209 Å². The SMILES string of the molecule is C[SiH](C)O[Si](C)(C)O[Si](C)(C)O[SiH](C)C.C[SiH](C)O[Si](C)(C)O[Si](C)(C)O[Si](C)(C)O[Si](C)(C)O[Si](C)(C)O[Si](C)(C)O[Si](C)(C)O[Si](O[SiH](C)C)(c1ccccc1)c1ccccc1.C[SiH](C)O[Si](C)(O[Si](C)(O[Si](C)(O[Si](C)(O[Si](C)(O[SiH](C)C)c1ccccc1)c1ccccc1)c1ccccc1)c1ccccc1)c1ccccc1.C[SiH](C)O[Si](O[SiH](C)C)(c1ccccc1)c1ccccc1. The molecule has 0 saturated heterocycles. The van der Waals surface area contributed by atoms with Crippen molar-refractivity contribution in [3.05, 3.63) is 273 Å². The van der Waals surface area contributed by atoms with E-state index in [1.807, 2.05) is 54.6 Å². The Balaban J connectivity index is 0.000000311. The molecular weight excluding hydrogens is 2110 g/mol. The number of benzene rings is 9. The molecule has 4 unspecified atom stereocenters. The van der Waals surface area contributed by atoms with Crippen LogP contribution in [0, 0.1) is 0 Å². The summed E-state index contributed by atoms with van der Waals surface area (Å²) in [7, 11) is -54.4. The predicted molar refractivity (Wildman–Crippen MR) is 634 cm³/mol. The molecule has 20 nitrogen and oxygen atoms in total. The van der Waals surface area contributed by atoms with Crippen molar-refractivity contribution < 1.29 is 82.3 Å². The lowest BCUT2D eigenvalue weighted by Gasteiger charge is -2.46. The maximum atomic E-state index is 7.76. The molecule has 0 bridgehead atoms. The third-order valence-corrected chi connectivity index (χ3v) is 104. The Kier molecular flexibility index (Phi) is 47.9. The Morgan fingerprint density at radius 2 is 0.255 bits per heavy atom. The normalized spacial score (nSPS) is 15.4. The summed E-state index contributed by atoms with van der Waals surface area (Å²) in [6, 6.07) is 94.0. The number of hydrogen-bond donors (Lipinski definition) is 0. The van der Waals surface area contributed by atoms with E-state index in [0.717, 1.165) is 36.3 Å². The Morgan fingerprint density at radius 1 is 0.124 bits per heavy atom. The van der Waals surface area contributed by atoms with Crippen molar-refractivity contribution in [2.24, 2.45) is 0 Å². The van der Waals surface area contributed by atoms with Gasteiger partial charge in [0.2, 0.25) is 0 Å². The zero-order valence-electron chi connectivity index (χ0n) is 90.3. The standard InChI is InChI=1S/C39H54O6Si7.C30H66O9Si10.C16H24O2Si3.C8H26O3Si4/c1-46(2)40-48(5,35-25-15-10-16-26-35)42-50(7,37-29-19-12-20-30-37)44-52(9,39-33-23-14-24-34-39)45-51(8,38-31-21-13-22-32-38)43-49(6,41-47(3)4)36-27-17-11-18-28-36;1-40(2)31-42(5,6)33-43(7,8)34-44(9,10)35-45(11,12)36-46(13,14)37-47(15,16)38-48(17,18)39-49(32-41(3)4,29-25-21-19-22-26-29)30-27-23-20-24-28-30;1-19(2)17-21(18-20(3)4,15-11-7-5-8-12-15)16-13-9-6-10-14-16;1-12(2)9-14(5,6)11-15(7,8)10-13(3)4/h10-34,46-47H,1-9H3;19-28,40-41H,1-18H3;5-14,19-20H,1-4H3;12-13H,1-8H3. The molecule has 0 aromatic heterocycles. The summed E-state index contributed by atoms with van der Waals surface area (Å²) >= 11 is 0. The fourth-order valence-corrected chi connectivity index (χ4v) is 120. The van der Waals surface area contributed by atoms with Gasteiger partial charge in [-0.25, -0.2) is 0 Å². The van der Waals surface area contributed by atoms with E-state index in [4.69, 9.17) is 82.3 Å². The molecule has 758 valence electrons. The van der Waals surface area contributed by atoms with Crippen molar-refractivity contribution in [3.8, 4) is 0 Å². The Morgan fingerprint density at radius 3 is 0.438 bits per heavy atom. The van der Waals surface area contributed by atoms with Gasteiger partial charge in [-0.15, -0.1) is 0 Å². The van der Waals surface area contributed by atoms with Crippen LogP contribution in [-0.4, -0.2) is 209 Å². The lowest BCUT2D eigenvalue weighted by atomic mass is 10.4. The second-order valence-electron chi connectivity index (χ2n) is 41.4. The summed E-state index contributed by atoms with van der Waals surface area (Å²) in [5, 5.41) is 9.85. The van der Waals surface area contributed by atoms with Crippen LogP contribution in [0.15, 0.2) is 273 Å². The fourth-order valence-electron chi connectivity index (χ4n) is 17.7. The van der Waals surface area contributed by atoms with Crippen LogP contribution in [0.25, 0.3) is 0 Å². The molecule has 9 aromatic carbocycles. The average Bonchev–Trinajstić information content (AvgIpc) is 0.737. The first kappa shape index (κ1) is 123. The lowest BCUT2D eigenvalue weighted by molar-refractivity contribution is 0.258. The van der Waals surface area contributed by atoms with Gasteiger partial charge in [0.05, 0.1) is 0 Å². The molecule has 0 aliphatic rings. The lowest BCUT2D eigenvalue weighted by Crippen LogP contribution is -2.73. The third-order valence-electron chi connectivity index (χ3n) is 20.2. The molecule has 0 aliphatic heterocycles. The number of hydrogen-bond acceptors (Lipinski definition) is 20. The molecular formula is C93H170O20Si24. The quantitative estimate of drug-likeness (QED) is 0.0328. The summed E-state index contributed by atoms with van der Waals surface area (Å²) in [6.45, 7) is 83.8. The first-order chi connectivity index (χ1) is 63.3. The van der Waals surface area contributed by atoms with Crippen molar-refractivity contribution in [1.82, 2.24) is 0 Å². The van der Waals surface area contributed by atoms with E-state index in [0.29, 0.717) is 0 Å². The summed E-state index contributed by atoms with van der Waals surface area (Å²) in [5.41, 5.74) is 0. The van der Waals surface area contributed by atoms with Crippen LogP contribution in [0.1, 0.15) is 0 Å². The zero-order chi connectivity index (χ0) is 103. The van der Waals surface area contributed by atoms with Crippen LogP contribution in [0.4, 0.5) is 0 Å². The molecule has 0 amide bonds. The minimum atomic E-state index is -3.41. The number of rotatable bonds is 49. The van der Waals surface area contributed by atoms with Crippen LogP contribution < -0.4 is 46.7 Å². The highest BCUT2D eigenvalue weighted by Gasteiger charge is 2.59. The predicted octanol–water partition coefficient (Wildman–Crippen LogP) is 17.9. The summed E-state index contributed by atoms with van der Waals surface area (Å²) < 4.78 is 137. The summed E-state index contributed by atoms with van der Waals surface area (Å²) in [5.74, 6) is 0. The van der Waals surface area contributed by atoms with E-state index in [1.165, 1.54) is 10.4 Å². The van der Waals surface area contributed by atoms with Crippen molar-refractivity contribution in [2.45, 2.75) is 255 Å². The van der Waals surface area contributed by atoms with E-state index in [9.17, 15) is 0 Å². The second-order valence-corrected chi connectivity index (χ2v) is 118. The summed E-state index contributed by atoms with van der Waals surface area (Å²) in [6.07, 6.45) is 0. The highest BCUT2D eigenvalue weighted by Crippen LogP contribution is 2.34. The maximum absolute atomic E-state index is 7.76. The molecule has 0 N–H and O–H groups in total. The summed E-state index contributed by atoms with van der Waals surface area (Å²) in [4.78, 5) is 0. The van der Waals surface area contributed by atoms with E-state index in [-0.39, 0.29) is 0 Å². The fraction of sp³-hybridized carbons (Fsp3) is 0.419. The smallest absolute Gasteiger partial charge is 0.387 e. The van der Waals surface area contributed by atoms with Crippen molar-refractivity contribution in [3.63, 3.8) is 0 Å². The molecule has 9 aromatic rings. The van der Waals surface area contributed by atoms with Crippen LogP contribution in [0.2, 0.25) is 255 Å². The van der Waals surface area contributed by atoms with Crippen molar-refractivity contribution >= 4 is 256 Å². The molecule has 0 fully saturated rings. The van der Waals surface area contributed by atoms with Gasteiger partial charge in [-0.05, 0) is 302 Å². The Labute approximate surface area is 858 Å². The zero-order valence-corrected chi connectivity index (χ0v) is 116. The topological polar surface area (TPSA) is 185 Å². The van der Waals surface area contributed by atoms with Crippen molar-refractivity contribution in [2.75, 3.05) is 0 Å². The van der Waals surface area contributed by atoms with E-state index >= 15 is 0 Å². The van der Waals surface area contributed by atoms with Gasteiger partial charge < -0.3 is 82.3 Å². The highest BCUT2D eigenvalue weighted by atomic mass is 28.5. The first-order valence-electron chi connectivity index (χ1n) is 48.6. The maximum Gasteiger partial charge on any atom is 0.387 e. The van der Waals surface area contributed by atoms with Crippen LogP contribution in [0.3, 0.4) is 0 Å². The largest absolute Gasteiger partial charge is 0.440 e. The molecule has 0 heterocycles. The minimum absolute atomic E-state index is 1.01. The minimum Gasteiger partial charge on any atom is -0.440 e. The molecule has 0 spiro atoms. The van der Waals surface area contributed by atoms with Gasteiger partial charge in [-0.2, -0.15) is 0 Å². The first-order valence-corrected chi connectivity index (χ1v) is 111. The second kappa shape index (κ2) is 53.3. The van der Waals surface area contributed by atoms with Crippen LogP contribution in [0.5, 0.6) is 0 Å². The molecule has 44 heteroatoms. The van der Waals surface area contributed by atoms with Gasteiger partial charge in [0.15, 0.2) is 72.3 Å². The molecule has 0 saturated carbocycles. The average molecular weight is 2280 g/mol. The van der Waals surface area contributed by atoms with Crippen molar-refractivity contribution in [1.29, 1.82) is 0 Å².